The maximum atomic E-state index is 12.6. The van der Waals surface area contributed by atoms with E-state index in [4.69, 9.17) is 21.7 Å². The third kappa shape index (κ3) is 3.50. The van der Waals surface area contributed by atoms with Gasteiger partial charge in [0.15, 0.2) is 5.65 Å². The number of H-pyrrole nitrogens is 1. The Labute approximate surface area is 188 Å². The number of imidazole rings is 1. The molecular formula is C22H21ClN8O. The first-order valence-corrected chi connectivity index (χ1v) is 10.6. The molecule has 5 aromatic rings. The van der Waals surface area contributed by atoms with Gasteiger partial charge in [0.05, 0.1) is 23.8 Å². The summed E-state index contributed by atoms with van der Waals surface area (Å²) in [5, 5.41) is 9.22. The van der Waals surface area contributed by atoms with Crippen LogP contribution in [0.4, 0.5) is 0 Å². The van der Waals surface area contributed by atoms with Gasteiger partial charge in [-0.25, -0.2) is 15.0 Å². The highest BCUT2D eigenvalue weighted by atomic mass is 35.5. The number of rotatable bonds is 5. The van der Waals surface area contributed by atoms with Gasteiger partial charge < -0.3 is 14.9 Å². The Kier molecular flexibility index (Phi) is 4.90. The number of hydrogen-bond donors (Lipinski definition) is 2. The van der Waals surface area contributed by atoms with Crippen LogP contribution in [0.1, 0.15) is 30.0 Å². The SMILES string of the molecule is CC(C)NC(=O)c1c[nH]c2ncc(-c3nn(Cc4nccn4C)c4cc(Cl)ccc34)nc12. The number of nitrogens with zero attached hydrogens (tertiary/aromatic N) is 6. The summed E-state index contributed by atoms with van der Waals surface area (Å²) in [7, 11) is 1.94. The molecule has 0 aliphatic heterocycles. The van der Waals surface area contributed by atoms with Gasteiger partial charge in [0.1, 0.15) is 22.7 Å². The van der Waals surface area contributed by atoms with Crippen LogP contribution in [0.5, 0.6) is 0 Å². The summed E-state index contributed by atoms with van der Waals surface area (Å²) >= 11 is 6.28. The van der Waals surface area contributed by atoms with Crippen LogP contribution in [0.25, 0.3) is 33.5 Å². The third-order valence-electron chi connectivity index (χ3n) is 5.21. The molecule has 5 rings (SSSR count). The molecule has 0 fully saturated rings. The van der Waals surface area contributed by atoms with E-state index in [1.165, 1.54) is 0 Å². The lowest BCUT2D eigenvalue weighted by atomic mass is 10.1. The number of halogens is 1. The van der Waals surface area contributed by atoms with Gasteiger partial charge in [-0.1, -0.05) is 11.6 Å². The Hall–Kier alpha value is -3.72. The molecule has 10 heteroatoms. The molecule has 0 atom stereocenters. The maximum absolute atomic E-state index is 12.6. The van der Waals surface area contributed by atoms with Crippen molar-refractivity contribution in [3.05, 3.63) is 59.4 Å². The molecule has 0 aliphatic carbocycles. The number of carbonyl (C=O) groups excluding carboxylic acids is 1. The fourth-order valence-corrected chi connectivity index (χ4v) is 3.82. The van der Waals surface area contributed by atoms with E-state index in [9.17, 15) is 4.79 Å². The maximum Gasteiger partial charge on any atom is 0.255 e. The predicted octanol–water partition coefficient (Wildman–Crippen LogP) is 3.55. The number of aryl methyl sites for hydroxylation is 1. The van der Waals surface area contributed by atoms with Crippen LogP contribution in [-0.2, 0) is 13.6 Å². The molecule has 0 unspecified atom stereocenters. The molecule has 2 N–H and O–H groups in total. The van der Waals surface area contributed by atoms with Crippen molar-refractivity contribution in [1.82, 2.24) is 39.6 Å². The number of aromatic amines is 1. The summed E-state index contributed by atoms with van der Waals surface area (Å²) < 4.78 is 3.80. The molecule has 9 nitrogen and oxygen atoms in total. The molecule has 1 aromatic carbocycles. The van der Waals surface area contributed by atoms with Crippen molar-refractivity contribution in [3.63, 3.8) is 0 Å². The zero-order valence-electron chi connectivity index (χ0n) is 17.8. The largest absolute Gasteiger partial charge is 0.350 e. The average Bonchev–Trinajstić information content (AvgIpc) is 3.45. The lowest BCUT2D eigenvalue weighted by Crippen LogP contribution is -2.29. The lowest BCUT2D eigenvalue weighted by Gasteiger charge is -2.07. The van der Waals surface area contributed by atoms with E-state index >= 15 is 0 Å². The van der Waals surface area contributed by atoms with Crippen molar-refractivity contribution >= 4 is 39.6 Å². The van der Waals surface area contributed by atoms with Crippen molar-refractivity contribution in [1.29, 1.82) is 0 Å². The van der Waals surface area contributed by atoms with Crippen molar-refractivity contribution in [2.45, 2.75) is 26.4 Å². The minimum atomic E-state index is -0.199. The number of amides is 1. The van der Waals surface area contributed by atoms with Crippen molar-refractivity contribution in [2.75, 3.05) is 0 Å². The topological polar surface area (TPSA) is 106 Å². The molecule has 0 radical (unpaired) electrons. The second-order valence-corrected chi connectivity index (χ2v) is 8.34. The van der Waals surface area contributed by atoms with Gasteiger partial charge in [-0.05, 0) is 32.0 Å². The van der Waals surface area contributed by atoms with Gasteiger partial charge in [0.25, 0.3) is 5.91 Å². The van der Waals surface area contributed by atoms with Gasteiger partial charge in [-0.15, -0.1) is 0 Å². The second-order valence-electron chi connectivity index (χ2n) is 7.91. The number of nitrogens with one attached hydrogen (secondary N) is 2. The Morgan fingerprint density at radius 3 is 2.88 bits per heavy atom. The molecule has 4 aromatic heterocycles. The van der Waals surface area contributed by atoms with E-state index in [0.29, 0.717) is 39.7 Å². The Morgan fingerprint density at radius 1 is 1.28 bits per heavy atom. The van der Waals surface area contributed by atoms with E-state index in [-0.39, 0.29) is 11.9 Å². The zero-order valence-corrected chi connectivity index (χ0v) is 18.6. The van der Waals surface area contributed by atoms with Crippen molar-refractivity contribution < 1.29 is 4.79 Å². The van der Waals surface area contributed by atoms with E-state index in [0.717, 1.165) is 16.7 Å². The summed E-state index contributed by atoms with van der Waals surface area (Å²) in [6.07, 6.45) is 6.93. The normalized spacial score (nSPS) is 11.7. The van der Waals surface area contributed by atoms with Crippen LogP contribution in [-0.4, -0.2) is 46.2 Å². The molecule has 0 bridgehead atoms. The summed E-state index contributed by atoms with van der Waals surface area (Å²) in [6.45, 7) is 4.30. The number of benzene rings is 1. The fourth-order valence-electron chi connectivity index (χ4n) is 3.66. The molecule has 1 amide bonds. The minimum Gasteiger partial charge on any atom is -0.350 e. The van der Waals surface area contributed by atoms with Gasteiger partial charge in [-0.2, -0.15) is 5.10 Å². The first-order valence-electron chi connectivity index (χ1n) is 10.2. The van der Waals surface area contributed by atoms with Crippen LogP contribution < -0.4 is 5.32 Å². The number of fused-ring (bicyclic) bond motifs is 2. The van der Waals surface area contributed by atoms with E-state index in [2.05, 4.69) is 20.3 Å². The highest BCUT2D eigenvalue weighted by molar-refractivity contribution is 6.31. The molecule has 0 saturated heterocycles. The third-order valence-corrected chi connectivity index (χ3v) is 5.45. The average molecular weight is 449 g/mol. The first-order chi connectivity index (χ1) is 15.4. The van der Waals surface area contributed by atoms with Gasteiger partial charge >= 0.3 is 0 Å². The van der Waals surface area contributed by atoms with E-state index in [1.807, 2.05) is 54.5 Å². The van der Waals surface area contributed by atoms with E-state index < -0.39 is 0 Å². The summed E-state index contributed by atoms with van der Waals surface area (Å²) in [6, 6.07) is 5.63. The Bertz CT molecular complexity index is 1460. The molecule has 0 spiro atoms. The summed E-state index contributed by atoms with van der Waals surface area (Å²) in [5.74, 6) is 0.662. The number of aromatic nitrogens is 7. The highest BCUT2D eigenvalue weighted by Gasteiger charge is 2.19. The molecule has 0 saturated carbocycles. The van der Waals surface area contributed by atoms with E-state index in [1.54, 1.807) is 18.6 Å². The Balaban J connectivity index is 1.64. The fraction of sp³-hybridized carbons (Fsp3) is 0.227. The molecule has 32 heavy (non-hydrogen) atoms. The smallest absolute Gasteiger partial charge is 0.255 e. The standard InChI is InChI=1S/C22H21ClN8O/c1-12(2)27-22(32)15-9-25-21-20(15)28-16(10-26-21)19-14-5-4-13(23)8-17(14)31(29-19)11-18-24-6-7-30(18)3/h4-10,12H,11H2,1-3H3,(H,25,26)(H,27,32). The second kappa shape index (κ2) is 7.76. The van der Waals surface area contributed by atoms with Crippen molar-refractivity contribution in [2.24, 2.45) is 7.05 Å². The molecule has 4 heterocycles. The number of carbonyl (C=O) groups is 1. The monoisotopic (exact) mass is 448 g/mol. The van der Waals surface area contributed by atoms with Gasteiger partial charge in [-0.3, -0.25) is 9.48 Å². The van der Waals surface area contributed by atoms with Gasteiger partial charge in [0, 0.05) is 42.1 Å². The lowest BCUT2D eigenvalue weighted by molar-refractivity contribution is 0.0944. The van der Waals surface area contributed by atoms with Gasteiger partial charge in [0.2, 0.25) is 0 Å². The summed E-state index contributed by atoms with van der Waals surface area (Å²) in [5.41, 5.74) is 3.59. The molecular weight excluding hydrogens is 428 g/mol. The first kappa shape index (κ1) is 20.2. The van der Waals surface area contributed by atoms with Crippen LogP contribution in [0.2, 0.25) is 5.02 Å². The zero-order chi connectivity index (χ0) is 22.4. The van der Waals surface area contributed by atoms with Crippen LogP contribution >= 0.6 is 11.6 Å². The quantitative estimate of drug-likeness (QED) is 0.427. The van der Waals surface area contributed by atoms with Crippen LogP contribution in [0, 0.1) is 0 Å². The molecule has 0 aliphatic rings. The van der Waals surface area contributed by atoms with Crippen LogP contribution in [0.15, 0.2) is 43.0 Å². The van der Waals surface area contributed by atoms with Crippen molar-refractivity contribution in [3.8, 4) is 11.4 Å². The van der Waals surface area contributed by atoms with Crippen LogP contribution in [0.3, 0.4) is 0 Å². The summed E-state index contributed by atoms with van der Waals surface area (Å²) in [4.78, 5) is 29.2. The number of hydrogen-bond acceptors (Lipinski definition) is 5. The predicted molar refractivity (Wildman–Crippen MR) is 123 cm³/mol. The molecule has 162 valence electrons. The minimum absolute atomic E-state index is 0.0131. The highest BCUT2D eigenvalue weighted by Crippen LogP contribution is 2.30. The Morgan fingerprint density at radius 2 is 2.12 bits per heavy atom.